The Morgan fingerprint density at radius 2 is 1.43 bits per heavy atom. The van der Waals surface area contributed by atoms with Crippen LogP contribution < -0.4 is 4.57 Å². The number of hydrogen-bond donors (Lipinski definition) is 0. The zero-order valence-electron chi connectivity index (χ0n) is 27.9. The monoisotopic (exact) mass is 548 g/mol. The highest BCUT2D eigenvalue weighted by Crippen LogP contribution is 2.41. The number of rotatable bonds is 5. The molecule has 0 saturated heterocycles. The molecule has 0 fully saturated rings. The predicted molar refractivity (Wildman–Crippen MR) is 157 cm³/mol. The summed E-state index contributed by atoms with van der Waals surface area (Å²) in [6, 6.07) is 19.6. The van der Waals surface area contributed by atoms with Crippen molar-refractivity contribution in [3.8, 4) is 22.4 Å². The van der Waals surface area contributed by atoms with Crippen molar-refractivity contribution >= 4 is 21.9 Å². The van der Waals surface area contributed by atoms with Gasteiger partial charge in [0.05, 0.1) is 11.0 Å². The van der Waals surface area contributed by atoms with Crippen LogP contribution in [-0.4, -0.2) is 6.18 Å². The summed E-state index contributed by atoms with van der Waals surface area (Å²) in [6.45, 7) is 9.41. The molecule has 2 nitrogen and oxygen atoms in total. The van der Waals surface area contributed by atoms with Gasteiger partial charge in [0.25, 0.3) is 0 Å². The normalized spacial score (nSPS) is 15.2. The number of halogens is 3. The van der Waals surface area contributed by atoms with Crippen LogP contribution in [0.25, 0.3) is 44.3 Å². The standard InChI is InChI=1S/C35H37F3NO/c1-22-8-14-28-27-15-13-26(25-11-9-23(10-12-25)21-34(5,6)35(36,37)38)19-30(27)40-32(28)31(22)29-18-24(16-17-39(29)7)20-33(2,3)4/h8-19H,20-21H2,1-7H3/q+1/i20D2,21D2. The lowest BCUT2D eigenvalue weighted by molar-refractivity contribution is -0.660. The number of alkyl halides is 3. The number of nitrogens with zero attached hydrogens (tertiary/aromatic N) is 1. The summed E-state index contributed by atoms with van der Waals surface area (Å²) in [5.74, 6) is 0. The van der Waals surface area contributed by atoms with E-state index < -0.39 is 29.8 Å². The molecule has 0 saturated carbocycles. The van der Waals surface area contributed by atoms with Crippen LogP contribution in [0.4, 0.5) is 13.2 Å². The van der Waals surface area contributed by atoms with E-state index in [-0.39, 0.29) is 5.56 Å². The van der Waals surface area contributed by atoms with Crippen LogP contribution in [0.2, 0.25) is 0 Å². The Morgan fingerprint density at radius 3 is 2.08 bits per heavy atom. The second-order valence-corrected chi connectivity index (χ2v) is 12.1. The Hall–Kier alpha value is -3.60. The Labute approximate surface area is 240 Å². The van der Waals surface area contributed by atoms with Crippen LogP contribution in [0.15, 0.2) is 77.3 Å². The number of benzene rings is 3. The van der Waals surface area contributed by atoms with Gasteiger partial charge in [0.2, 0.25) is 5.69 Å². The van der Waals surface area contributed by atoms with Crippen molar-refractivity contribution in [3.05, 3.63) is 89.6 Å². The second kappa shape index (κ2) is 9.79. The molecule has 0 N–H and O–H groups in total. The minimum Gasteiger partial charge on any atom is -0.455 e. The van der Waals surface area contributed by atoms with Gasteiger partial charge in [-0.05, 0) is 65.0 Å². The van der Waals surface area contributed by atoms with Gasteiger partial charge in [-0.25, -0.2) is 4.57 Å². The molecule has 2 aromatic heterocycles. The largest absolute Gasteiger partial charge is 0.455 e. The third kappa shape index (κ3) is 5.39. The molecule has 0 bridgehead atoms. The molecule has 0 amide bonds. The van der Waals surface area contributed by atoms with Gasteiger partial charge in [0.15, 0.2) is 6.20 Å². The van der Waals surface area contributed by atoms with Gasteiger partial charge in [-0.15, -0.1) is 0 Å². The average Bonchev–Trinajstić information content (AvgIpc) is 3.30. The molecule has 0 aliphatic carbocycles. The van der Waals surface area contributed by atoms with Crippen molar-refractivity contribution in [3.63, 3.8) is 0 Å². The van der Waals surface area contributed by atoms with Crippen LogP contribution in [0.5, 0.6) is 0 Å². The van der Waals surface area contributed by atoms with Gasteiger partial charge in [-0.2, -0.15) is 13.2 Å². The third-order valence-corrected chi connectivity index (χ3v) is 7.16. The SMILES string of the molecule is [2H]C([2H])(c1cc[n+](C)c(-c2c(C)ccc3c2oc2cc(-c4ccc(C([2H])([2H])C(C)(C)C(F)(F)F)cc4)ccc23)c1)C(C)(C)C. The maximum absolute atomic E-state index is 13.6. The molecule has 0 atom stereocenters. The summed E-state index contributed by atoms with van der Waals surface area (Å²) in [7, 11) is 1.92. The highest BCUT2D eigenvalue weighted by atomic mass is 19.4. The van der Waals surface area contributed by atoms with Crippen LogP contribution in [0.3, 0.4) is 0 Å². The molecular formula is C35H37F3NO+. The molecule has 0 aliphatic rings. The zero-order chi connectivity index (χ0) is 32.6. The van der Waals surface area contributed by atoms with Crippen molar-refractivity contribution in [1.29, 1.82) is 0 Å². The van der Waals surface area contributed by atoms with Crippen LogP contribution >= 0.6 is 0 Å². The number of aromatic nitrogens is 1. The van der Waals surface area contributed by atoms with E-state index in [0.29, 0.717) is 16.7 Å². The lowest BCUT2D eigenvalue weighted by Crippen LogP contribution is -2.34. The molecule has 0 radical (unpaired) electrons. The van der Waals surface area contributed by atoms with E-state index in [2.05, 4.69) is 0 Å². The van der Waals surface area contributed by atoms with Crippen LogP contribution in [0.1, 0.15) is 56.8 Å². The molecule has 2 heterocycles. The fourth-order valence-electron chi connectivity index (χ4n) is 4.94. The Morgan fingerprint density at radius 1 is 0.775 bits per heavy atom. The van der Waals surface area contributed by atoms with E-state index in [1.807, 2.05) is 88.0 Å². The smallest absolute Gasteiger partial charge is 0.394 e. The van der Waals surface area contributed by atoms with Crippen molar-refractivity contribution in [2.45, 2.75) is 60.5 Å². The summed E-state index contributed by atoms with van der Waals surface area (Å²) < 4.78 is 83.6. The van der Waals surface area contributed by atoms with E-state index in [1.165, 1.54) is 12.1 Å². The first-order valence-electron chi connectivity index (χ1n) is 15.3. The third-order valence-electron chi connectivity index (χ3n) is 7.16. The lowest BCUT2D eigenvalue weighted by Gasteiger charge is -2.27. The van der Waals surface area contributed by atoms with Crippen molar-refractivity contribution in [2.24, 2.45) is 17.9 Å². The first-order valence-corrected chi connectivity index (χ1v) is 13.3. The van der Waals surface area contributed by atoms with Crippen LogP contribution in [0, 0.1) is 17.8 Å². The fraction of sp³-hybridized carbons (Fsp3) is 0.343. The van der Waals surface area contributed by atoms with Crippen molar-refractivity contribution in [2.75, 3.05) is 0 Å². The molecule has 40 heavy (non-hydrogen) atoms. The summed E-state index contributed by atoms with van der Waals surface area (Å²) in [6.07, 6.45) is -7.04. The summed E-state index contributed by atoms with van der Waals surface area (Å²) in [5.41, 5.74) is 2.83. The topological polar surface area (TPSA) is 17.0 Å². The minimum atomic E-state index is -4.71. The molecular weight excluding hydrogens is 507 g/mol. The molecule has 5 heteroatoms. The van der Waals surface area contributed by atoms with Crippen molar-refractivity contribution in [1.82, 2.24) is 0 Å². The molecule has 3 aromatic carbocycles. The summed E-state index contributed by atoms with van der Waals surface area (Å²) in [5, 5.41) is 1.81. The maximum atomic E-state index is 13.6. The first-order chi connectivity index (χ1) is 20.2. The summed E-state index contributed by atoms with van der Waals surface area (Å²) >= 11 is 0. The summed E-state index contributed by atoms with van der Waals surface area (Å²) in [4.78, 5) is 0. The predicted octanol–water partition coefficient (Wildman–Crippen LogP) is 9.77. The average molecular weight is 549 g/mol. The molecule has 0 spiro atoms. The molecule has 5 rings (SSSR count). The quantitative estimate of drug-likeness (QED) is 0.200. The number of pyridine rings is 1. The highest BCUT2D eigenvalue weighted by molar-refractivity contribution is 6.10. The Bertz CT molecular complexity index is 1880. The van der Waals surface area contributed by atoms with Gasteiger partial charge in [-0.3, -0.25) is 0 Å². The lowest BCUT2D eigenvalue weighted by atomic mass is 9.85. The maximum Gasteiger partial charge on any atom is 0.394 e. The van der Waals surface area contributed by atoms with E-state index in [1.54, 1.807) is 12.1 Å². The molecule has 5 aromatic rings. The first kappa shape index (κ1) is 23.1. The van der Waals surface area contributed by atoms with E-state index >= 15 is 0 Å². The highest BCUT2D eigenvalue weighted by Gasteiger charge is 2.46. The van der Waals surface area contributed by atoms with Gasteiger partial charge in [-0.1, -0.05) is 77.1 Å². The van der Waals surface area contributed by atoms with Crippen LogP contribution in [-0.2, 0) is 19.8 Å². The van der Waals surface area contributed by atoms with Crippen molar-refractivity contribution < 1.29 is 27.6 Å². The second-order valence-electron chi connectivity index (χ2n) is 12.1. The molecule has 208 valence electrons. The number of fused-ring (bicyclic) bond motifs is 3. The fourth-order valence-corrected chi connectivity index (χ4v) is 4.94. The van der Waals surface area contributed by atoms with E-state index in [4.69, 9.17) is 9.90 Å². The van der Waals surface area contributed by atoms with Gasteiger partial charge >= 0.3 is 6.18 Å². The van der Waals surface area contributed by atoms with E-state index in [0.717, 1.165) is 52.6 Å². The number of aryl methyl sites for hydroxylation is 2. The molecule has 0 aliphatic heterocycles. The minimum absolute atomic E-state index is 0.0422. The number of hydrogen-bond acceptors (Lipinski definition) is 1. The Balaban J connectivity index is 1.60. The molecule has 0 unspecified atom stereocenters. The van der Waals surface area contributed by atoms with Gasteiger partial charge in [0, 0.05) is 28.4 Å². The van der Waals surface area contributed by atoms with Gasteiger partial charge in [0.1, 0.15) is 18.2 Å². The van der Waals surface area contributed by atoms with Gasteiger partial charge < -0.3 is 4.42 Å². The number of furan rings is 1. The Kier molecular flexibility index (Phi) is 5.67. The van der Waals surface area contributed by atoms with E-state index in [9.17, 15) is 13.2 Å². The zero-order valence-corrected chi connectivity index (χ0v) is 23.9.